The highest BCUT2D eigenvalue weighted by atomic mass is 35.5. The van der Waals surface area contributed by atoms with Gasteiger partial charge in [-0.3, -0.25) is 0 Å². The molecule has 0 atom stereocenters. The third-order valence-electron chi connectivity index (χ3n) is 2.70. The van der Waals surface area contributed by atoms with Crippen LogP contribution in [0.2, 0.25) is 10.0 Å². The summed E-state index contributed by atoms with van der Waals surface area (Å²) < 4.78 is 0. The molecule has 2 rings (SSSR count). The molecule has 3 nitrogen and oxygen atoms in total. The van der Waals surface area contributed by atoms with Gasteiger partial charge in [-0.25, -0.2) is 4.98 Å². The van der Waals surface area contributed by atoms with E-state index in [1.54, 1.807) is 12.3 Å². The average Bonchev–Trinajstić information content (AvgIpc) is 2.38. The molecule has 100 valence electrons. The van der Waals surface area contributed by atoms with Crippen LogP contribution in [0.3, 0.4) is 0 Å². The number of halogens is 2. The smallest absolute Gasteiger partial charge is 0.128 e. The SMILES string of the molecule is CN(C)c1ccc(NCc2ccc(Cl)cc2Cl)cn1. The Kier molecular flexibility index (Phi) is 4.51. The van der Waals surface area contributed by atoms with E-state index in [2.05, 4.69) is 10.3 Å². The summed E-state index contributed by atoms with van der Waals surface area (Å²) in [5, 5.41) is 4.59. The first-order chi connectivity index (χ1) is 9.06. The monoisotopic (exact) mass is 295 g/mol. The van der Waals surface area contributed by atoms with Crippen LogP contribution in [0.15, 0.2) is 36.5 Å². The fraction of sp³-hybridized carbons (Fsp3) is 0.214. The second-order valence-corrected chi connectivity index (χ2v) is 5.23. The van der Waals surface area contributed by atoms with E-state index < -0.39 is 0 Å². The lowest BCUT2D eigenvalue weighted by Crippen LogP contribution is -2.10. The summed E-state index contributed by atoms with van der Waals surface area (Å²) >= 11 is 12.0. The summed E-state index contributed by atoms with van der Waals surface area (Å²) in [5.74, 6) is 0.926. The number of nitrogens with zero attached hydrogens (tertiary/aromatic N) is 2. The molecule has 0 spiro atoms. The second-order valence-electron chi connectivity index (χ2n) is 4.39. The van der Waals surface area contributed by atoms with Crippen LogP contribution in [0.25, 0.3) is 0 Å². The maximum Gasteiger partial charge on any atom is 0.128 e. The number of pyridine rings is 1. The summed E-state index contributed by atoms with van der Waals surface area (Å²) in [6.07, 6.45) is 1.80. The van der Waals surface area contributed by atoms with E-state index in [0.717, 1.165) is 17.1 Å². The zero-order valence-corrected chi connectivity index (χ0v) is 12.3. The van der Waals surface area contributed by atoms with Crippen molar-refractivity contribution in [2.75, 3.05) is 24.3 Å². The Morgan fingerprint density at radius 2 is 1.95 bits per heavy atom. The average molecular weight is 296 g/mol. The van der Waals surface area contributed by atoms with E-state index in [1.807, 2.05) is 43.3 Å². The van der Waals surface area contributed by atoms with Gasteiger partial charge in [-0.1, -0.05) is 29.3 Å². The van der Waals surface area contributed by atoms with Crippen molar-refractivity contribution >= 4 is 34.7 Å². The van der Waals surface area contributed by atoms with E-state index in [-0.39, 0.29) is 0 Å². The third kappa shape index (κ3) is 3.75. The molecule has 0 bridgehead atoms. The number of anilines is 2. The summed E-state index contributed by atoms with van der Waals surface area (Å²) in [6.45, 7) is 0.638. The minimum atomic E-state index is 0.638. The highest BCUT2D eigenvalue weighted by Gasteiger charge is 2.02. The predicted molar refractivity (Wildman–Crippen MR) is 82.4 cm³/mol. The van der Waals surface area contributed by atoms with Crippen LogP contribution in [0.1, 0.15) is 5.56 Å². The number of benzene rings is 1. The molecule has 0 radical (unpaired) electrons. The van der Waals surface area contributed by atoms with Gasteiger partial charge in [-0.2, -0.15) is 0 Å². The predicted octanol–water partition coefficient (Wildman–Crippen LogP) is 4.07. The minimum absolute atomic E-state index is 0.638. The lowest BCUT2D eigenvalue weighted by Gasteiger charge is -2.12. The first-order valence-electron chi connectivity index (χ1n) is 5.87. The number of rotatable bonds is 4. The highest BCUT2D eigenvalue weighted by molar-refractivity contribution is 6.35. The lowest BCUT2D eigenvalue weighted by atomic mass is 10.2. The van der Waals surface area contributed by atoms with Crippen LogP contribution >= 0.6 is 23.2 Å². The van der Waals surface area contributed by atoms with Gasteiger partial charge in [0.05, 0.1) is 11.9 Å². The Morgan fingerprint density at radius 3 is 2.53 bits per heavy atom. The van der Waals surface area contributed by atoms with Crippen LogP contribution in [0.5, 0.6) is 0 Å². The molecule has 0 amide bonds. The van der Waals surface area contributed by atoms with E-state index in [9.17, 15) is 0 Å². The van der Waals surface area contributed by atoms with Crippen molar-refractivity contribution in [1.29, 1.82) is 0 Å². The number of hydrogen-bond acceptors (Lipinski definition) is 3. The molecule has 1 N–H and O–H groups in total. The van der Waals surface area contributed by atoms with Gasteiger partial charge in [0.1, 0.15) is 5.82 Å². The van der Waals surface area contributed by atoms with Gasteiger partial charge in [-0.05, 0) is 29.8 Å². The molecule has 19 heavy (non-hydrogen) atoms. The molecule has 0 saturated heterocycles. The van der Waals surface area contributed by atoms with E-state index in [0.29, 0.717) is 16.6 Å². The Hall–Kier alpha value is -1.45. The fourth-order valence-electron chi connectivity index (χ4n) is 1.62. The topological polar surface area (TPSA) is 28.2 Å². The largest absolute Gasteiger partial charge is 0.380 e. The van der Waals surface area contributed by atoms with Crippen LogP contribution in [-0.4, -0.2) is 19.1 Å². The molecule has 1 aromatic heterocycles. The molecule has 0 fully saturated rings. The van der Waals surface area contributed by atoms with Crippen molar-refractivity contribution in [3.63, 3.8) is 0 Å². The van der Waals surface area contributed by atoms with Crippen molar-refractivity contribution in [2.45, 2.75) is 6.54 Å². The molecule has 1 heterocycles. The Labute approximate surface area is 123 Å². The number of aromatic nitrogens is 1. The van der Waals surface area contributed by atoms with Gasteiger partial charge in [0.25, 0.3) is 0 Å². The molecule has 0 aliphatic heterocycles. The van der Waals surface area contributed by atoms with Crippen LogP contribution in [0, 0.1) is 0 Å². The second kappa shape index (κ2) is 6.13. The maximum atomic E-state index is 6.12. The first-order valence-corrected chi connectivity index (χ1v) is 6.63. The Bertz CT molecular complexity index is 553. The molecule has 1 aromatic carbocycles. The van der Waals surface area contributed by atoms with Gasteiger partial charge < -0.3 is 10.2 Å². The van der Waals surface area contributed by atoms with Crippen LogP contribution < -0.4 is 10.2 Å². The molecular formula is C14H15Cl2N3. The van der Waals surface area contributed by atoms with Gasteiger partial charge in [-0.15, -0.1) is 0 Å². The molecule has 0 aliphatic rings. The van der Waals surface area contributed by atoms with Crippen molar-refractivity contribution in [1.82, 2.24) is 4.98 Å². The standard InChI is InChI=1S/C14H15Cl2N3/c1-19(2)14-6-5-12(9-18-14)17-8-10-3-4-11(15)7-13(10)16/h3-7,9,17H,8H2,1-2H3. The van der Waals surface area contributed by atoms with E-state index in [4.69, 9.17) is 23.2 Å². The summed E-state index contributed by atoms with van der Waals surface area (Å²) in [7, 11) is 3.92. The first kappa shape index (κ1) is 14.0. The molecule has 0 unspecified atom stereocenters. The molecule has 5 heteroatoms. The zero-order valence-electron chi connectivity index (χ0n) is 10.8. The zero-order chi connectivity index (χ0) is 13.8. The maximum absolute atomic E-state index is 6.12. The fourth-order valence-corrected chi connectivity index (χ4v) is 2.09. The van der Waals surface area contributed by atoms with E-state index >= 15 is 0 Å². The third-order valence-corrected chi connectivity index (χ3v) is 3.29. The van der Waals surface area contributed by atoms with Crippen LogP contribution in [-0.2, 0) is 6.54 Å². The Balaban J connectivity index is 2.02. The summed E-state index contributed by atoms with van der Waals surface area (Å²) in [5.41, 5.74) is 1.96. The van der Waals surface area contributed by atoms with Crippen molar-refractivity contribution in [3.05, 3.63) is 52.1 Å². The number of nitrogens with one attached hydrogen (secondary N) is 1. The van der Waals surface area contributed by atoms with Crippen molar-refractivity contribution < 1.29 is 0 Å². The molecule has 0 aliphatic carbocycles. The van der Waals surface area contributed by atoms with Crippen LogP contribution in [0.4, 0.5) is 11.5 Å². The molecule has 0 saturated carbocycles. The van der Waals surface area contributed by atoms with Gasteiger partial charge in [0.15, 0.2) is 0 Å². The highest BCUT2D eigenvalue weighted by Crippen LogP contribution is 2.22. The molecule has 2 aromatic rings. The minimum Gasteiger partial charge on any atom is -0.380 e. The van der Waals surface area contributed by atoms with E-state index in [1.165, 1.54) is 0 Å². The summed E-state index contributed by atoms with van der Waals surface area (Å²) in [6, 6.07) is 9.45. The summed E-state index contributed by atoms with van der Waals surface area (Å²) in [4.78, 5) is 6.29. The van der Waals surface area contributed by atoms with Crippen molar-refractivity contribution in [2.24, 2.45) is 0 Å². The lowest BCUT2D eigenvalue weighted by molar-refractivity contribution is 1.06. The normalized spacial score (nSPS) is 10.3. The Morgan fingerprint density at radius 1 is 1.16 bits per heavy atom. The quantitative estimate of drug-likeness (QED) is 0.922. The van der Waals surface area contributed by atoms with Crippen molar-refractivity contribution in [3.8, 4) is 0 Å². The van der Waals surface area contributed by atoms with Gasteiger partial charge >= 0.3 is 0 Å². The number of hydrogen-bond donors (Lipinski definition) is 1. The molecular weight excluding hydrogens is 281 g/mol. The van der Waals surface area contributed by atoms with Gasteiger partial charge in [0, 0.05) is 30.7 Å². The van der Waals surface area contributed by atoms with Gasteiger partial charge in [0.2, 0.25) is 0 Å².